The fraction of sp³-hybridized carbons (Fsp3) is 0.0435. The number of benzene rings is 7. The lowest BCUT2D eigenvalue weighted by Crippen LogP contribution is -2.46. The summed E-state index contributed by atoms with van der Waals surface area (Å²) in [6.45, 7) is 2.11. The van der Waals surface area contributed by atoms with E-state index < -0.39 is 5.66 Å². The molecule has 7 aromatic carbocycles. The van der Waals surface area contributed by atoms with Crippen LogP contribution in [0.5, 0.6) is 0 Å². The molecule has 5 heteroatoms. The molecule has 0 saturated heterocycles. The first-order valence-electron chi connectivity index (χ1n) is 17.4. The maximum Gasteiger partial charge on any atom is 0.159 e. The predicted molar refractivity (Wildman–Crippen MR) is 212 cm³/mol. The second-order valence-corrected chi connectivity index (χ2v) is 13.3. The molecule has 1 unspecified atom stereocenters. The number of aliphatic imine (C=N–C) groups is 2. The molecular formula is C46H33N5. The number of hydrogen-bond donors (Lipinski definition) is 1. The van der Waals surface area contributed by atoms with E-state index in [4.69, 9.17) is 9.98 Å². The van der Waals surface area contributed by atoms with Crippen LogP contribution >= 0.6 is 0 Å². The first-order chi connectivity index (χ1) is 25.2. The molecular weight excluding hydrogens is 623 g/mol. The lowest BCUT2D eigenvalue weighted by molar-refractivity contribution is 0.455. The average molecular weight is 656 g/mol. The quantitative estimate of drug-likeness (QED) is 0.197. The number of nitrogens with zero attached hydrogens (tertiary/aromatic N) is 4. The van der Waals surface area contributed by atoms with Gasteiger partial charge in [0.15, 0.2) is 11.5 Å². The monoisotopic (exact) mass is 655 g/mol. The molecule has 242 valence electrons. The molecule has 0 saturated carbocycles. The first-order valence-corrected chi connectivity index (χ1v) is 17.4. The Morgan fingerprint density at radius 3 is 1.78 bits per heavy atom. The van der Waals surface area contributed by atoms with Crippen LogP contribution < -0.4 is 5.32 Å². The van der Waals surface area contributed by atoms with E-state index in [0.29, 0.717) is 5.84 Å². The number of nitrogens with one attached hydrogen (secondary N) is 1. The van der Waals surface area contributed by atoms with Crippen molar-refractivity contribution in [2.75, 3.05) is 0 Å². The van der Waals surface area contributed by atoms with Gasteiger partial charge in [0.05, 0.1) is 22.1 Å². The van der Waals surface area contributed by atoms with Crippen molar-refractivity contribution in [2.45, 2.75) is 12.6 Å². The van der Waals surface area contributed by atoms with Gasteiger partial charge in [0.1, 0.15) is 5.84 Å². The van der Waals surface area contributed by atoms with Gasteiger partial charge in [0.25, 0.3) is 0 Å². The average Bonchev–Trinajstić information content (AvgIpc) is 3.72. The van der Waals surface area contributed by atoms with Crippen LogP contribution in [0.2, 0.25) is 0 Å². The van der Waals surface area contributed by atoms with E-state index >= 15 is 0 Å². The minimum atomic E-state index is -0.683. The van der Waals surface area contributed by atoms with Crippen molar-refractivity contribution >= 4 is 55.3 Å². The lowest BCUT2D eigenvalue weighted by Gasteiger charge is -2.33. The van der Waals surface area contributed by atoms with Crippen LogP contribution in [0.1, 0.15) is 23.6 Å². The summed E-state index contributed by atoms with van der Waals surface area (Å²) in [5.41, 5.74) is 9.36. The Morgan fingerprint density at radius 2 is 1.06 bits per heavy atom. The summed E-state index contributed by atoms with van der Waals surface area (Å²) >= 11 is 0. The van der Waals surface area contributed by atoms with Gasteiger partial charge in [-0.15, -0.1) is 0 Å². The smallest absolute Gasteiger partial charge is 0.159 e. The molecule has 51 heavy (non-hydrogen) atoms. The van der Waals surface area contributed by atoms with Crippen LogP contribution in [0, 0.1) is 0 Å². The van der Waals surface area contributed by atoms with E-state index in [1.807, 2.05) is 24.3 Å². The van der Waals surface area contributed by atoms with E-state index in [1.54, 1.807) is 0 Å². The molecule has 1 aliphatic heterocycles. The SMILES string of the molecule is CC1(c2ccccc2)N=C(c2ccc(-n3c4ccccc4c4c3ccc3c5ccccc5n(-c5ccccc5)c34)cc2)N=C(c2ccccc2)N1. The molecule has 1 N–H and O–H groups in total. The number of rotatable bonds is 5. The van der Waals surface area contributed by atoms with Crippen LogP contribution in [0.3, 0.4) is 0 Å². The summed E-state index contributed by atoms with van der Waals surface area (Å²) in [6.07, 6.45) is 0. The van der Waals surface area contributed by atoms with Crippen molar-refractivity contribution in [2.24, 2.45) is 9.98 Å². The molecule has 2 aromatic heterocycles. The lowest BCUT2D eigenvalue weighted by atomic mass is 9.99. The highest BCUT2D eigenvalue weighted by atomic mass is 15.2. The van der Waals surface area contributed by atoms with Crippen LogP contribution in [0.25, 0.3) is 55.0 Å². The zero-order chi connectivity index (χ0) is 33.9. The normalized spacial score (nSPS) is 16.0. The summed E-state index contributed by atoms with van der Waals surface area (Å²) in [7, 11) is 0. The molecule has 3 heterocycles. The zero-order valence-electron chi connectivity index (χ0n) is 28.0. The number of para-hydroxylation sites is 3. The van der Waals surface area contributed by atoms with E-state index in [9.17, 15) is 0 Å². The van der Waals surface area contributed by atoms with Crippen molar-refractivity contribution in [1.29, 1.82) is 0 Å². The Labute approximate surface area is 295 Å². The van der Waals surface area contributed by atoms with E-state index in [1.165, 1.54) is 32.6 Å². The number of aromatic nitrogens is 2. The topological polar surface area (TPSA) is 46.6 Å². The van der Waals surface area contributed by atoms with Crippen molar-refractivity contribution in [3.63, 3.8) is 0 Å². The number of hydrogen-bond acceptors (Lipinski definition) is 3. The number of fused-ring (bicyclic) bond motifs is 7. The summed E-state index contributed by atoms with van der Waals surface area (Å²) in [5.74, 6) is 1.50. The third-order valence-electron chi connectivity index (χ3n) is 10.2. The molecule has 0 fully saturated rings. The van der Waals surface area contributed by atoms with Gasteiger partial charge in [-0.3, -0.25) is 0 Å². The van der Waals surface area contributed by atoms with E-state index in [0.717, 1.165) is 44.9 Å². The van der Waals surface area contributed by atoms with Crippen molar-refractivity contribution in [1.82, 2.24) is 14.5 Å². The maximum atomic E-state index is 5.22. The molecule has 0 spiro atoms. The standard InChI is InChI=1S/C46H33N5/c1-46(33-17-7-3-8-18-33)48-44(31-15-5-2-6-16-31)47-45(49-46)32-25-27-35(28-26-32)50-40-24-14-12-22-38(40)42-41(50)30-29-37-36-21-11-13-23-39(36)51(43(37)42)34-19-9-4-10-20-34/h2-30H,1H3,(H,47,48,49). The van der Waals surface area contributed by atoms with E-state index in [2.05, 4.69) is 173 Å². The van der Waals surface area contributed by atoms with Gasteiger partial charge >= 0.3 is 0 Å². The van der Waals surface area contributed by atoms with Gasteiger partial charge in [0.2, 0.25) is 0 Å². The highest BCUT2D eigenvalue weighted by molar-refractivity contribution is 6.26. The third-order valence-corrected chi connectivity index (χ3v) is 10.2. The van der Waals surface area contributed by atoms with Crippen molar-refractivity contribution in [3.8, 4) is 11.4 Å². The van der Waals surface area contributed by atoms with Gasteiger partial charge in [-0.05, 0) is 67.1 Å². The highest BCUT2D eigenvalue weighted by Crippen LogP contribution is 2.42. The molecule has 10 rings (SSSR count). The minimum Gasteiger partial charge on any atom is -0.342 e. The molecule has 1 aliphatic rings. The number of amidine groups is 2. The van der Waals surface area contributed by atoms with Gasteiger partial charge in [-0.2, -0.15) is 0 Å². The Hall–Kier alpha value is -6.72. The molecule has 1 atom stereocenters. The van der Waals surface area contributed by atoms with Gasteiger partial charge in [-0.25, -0.2) is 9.98 Å². The Morgan fingerprint density at radius 1 is 0.471 bits per heavy atom. The highest BCUT2D eigenvalue weighted by Gasteiger charge is 2.32. The summed E-state index contributed by atoms with van der Waals surface area (Å²) in [5, 5.41) is 8.60. The fourth-order valence-electron chi connectivity index (χ4n) is 7.78. The third kappa shape index (κ3) is 4.62. The molecule has 0 bridgehead atoms. The van der Waals surface area contributed by atoms with Crippen LogP contribution in [0.4, 0.5) is 0 Å². The summed E-state index contributed by atoms with van der Waals surface area (Å²) in [4.78, 5) is 10.3. The first kappa shape index (κ1) is 29.2. The fourth-order valence-corrected chi connectivity index (χ4v) is 7.78. The van der Waals surface area contributed by atoms with Crippen LogP contribution in [-0.4, -0.2) is 20.8 Å². The van der Waals surface area contributed by atoms with E-state index in [-0.39, 0.29) is 0 Å². The van der Waals surface area contributed by atoms with Crippen molar-refractivity contribution in [3.05, 3.63) is 193 Å². The zero-order valence-corrected chi connectivity index (χ0v) is 28.0. The second-order valence-electron chi connectivity index (χ2n) is 13.3. The Balaban J connectivity index is 1.16. The molecule has 9 aromatic rings. The summed E-state index contributed by atoms with van der Waals surface area (Å²) < 4.78 is 4.81. The van der Waals surface area contributed by atoms with Gasteiger partial charge in [-0.1, -0.05) is 121 Å². The minimum absolute atomic E-state index is 0.683. The molecule has 5 nitrogen and oxygen atoms in total. The van der Waals surface area contributed by atoms with Gasteiger partial charge in [0, 0.05) is 44.0 Å². The largest absolute Gasteiger partial charge is 0.342 e. The molecule has 0 aliphatic carbocycles. The van der Waals surface area contributed by atoms with Crippen LogP contribution in [-0.2, 0) is 5.66 Å². The molecule has 0 amide bonds. The Bertz CT molecular complexity index is 2810. The molecule has 0 radical (unpaired) electrons. The Kier molecular flexibility index (Phi) is 6.55. The summed E-state index contributed by atoms with van der Waals surface area (Å²) in [6, 6.07) is 62.1. The van der Waals surface area contributed by atoms with Gasteiger partial charge < -0.3 is 14.5 Å². The van der Waals surface area contributed by atoms with Crippen molar-refractivity contribution < 1.29 is 0 Å². The second kappa shape index (κ2) is 11.4. The van der Waals surface area contributed by atoms with Crippen LogP contribution in [0.15, 0.2) is 186 Å². The maximum absolute atomic E-state index is 5.22. The predicted octanol–water partition coefficient (Wildman–Crippen LogP) is 10.6.